The summed E-state index contributed by atoms with van der Waals surface area (Å²) in [7, 11) is 0. The first-order valence-electron chi connectivity index (χ1n) is 9.66. The lowest BCUT2D eigenvalue weighted by Crippen LogP contribution is -2.15. The first-order chi connectivity index (χ1) is 12.3. The molecule has 3 aliphatic carbocycles. The molecule has 0 atom stereocenters. The summed E-state index contributed by atoms with van der Waals surface area (Å²) >= 11 is 6.62. The van der Waals surface area contributed by atoms with Crippen LogP contribution in [0.4, 0.5) is 0 Å². The van der Waals surface area contributed by atoms with Crippen molar-refractivity contribution in [2.45, 2.75) is 57.8 Å². The van der Waals surface area contributed by atoms with E-state index in [1.54, 1.807) is 0 Å². The molecule has 3 heteroatoms. The second kappa shape index (κ2) is 5.36. The molecule has 6 rings (SSSR count). The van der Waals surface area contributed by atoms with Gasteiger partial charge in [-0.15, -0.1) is 0 Å². The van der Waals surface area contributed by atoms with Crippen LogP contribution in [0.1, 0.15) is 73.9 Å². The normalized spacial score (nSPS) is 22.8. The molecular weight excluding hydrogens is 342 g/mol. The van der Waals surface area contributed by atoms with E-state index < -0.39 is 0 Å². The van der Waals surface area contributed by atoms with Crippen LogP contribution in [-0.4, -0.2) is 10.8 Å². The Morgan fingerprint density at radius 3 is 2.35 bits per heavy atom. The Kier molecular flexibility index (Phi) is 3.37. The monoisotopic (exact) mass is 365 g/mol. The molecule has 1 N–H and O–H groups in total. The fourth-order valence-corrected chi connectivity index (χ4v) is 5.16. The smallest absolute Gasteiger partial charge is 0.166 e. The van der Waals surface area contributed by atoms with Crippen molar-refractivity contribution in [2.75, 3.05) is 0 Å². The molecule has 2 aromatic carbocycles. The number of H-pyrrole nitrogens is 1. The Hall–Kier alpha value is -1.80. The topological polar surface area (TPSA) is 32.9 Å². The van der Waals surface area contributed by atoms with Crippen LogP contribution in [0.2, 0.25) is 5.02 Å². The number of benzene rings is 2. The van der Waals surface area contributed by atoms with Gasteiger partial charge >= 0.3 is 0 Å². The Morgan fingerprint density at radius 2 is 1.65 bits per heavy atom. The van der Waals surface area contributed by atoms with Gasteiger partial charge in [-0.1, -0.05) is 32.4 Å². The predicted octanol–water partition coefficient (Wildman–Crippen LogP) is 6.74. The van der Waals surface area contributed by atoms with Gasteiger partial charge < -0.3 is 4.98 Å². The van der Waals surface area contributed by atoms with Crippen LogP contribution in [0, 0.1) is 5.92 Å². The van der Waals surface area contributed by atoms with E-state index in [1.165, 1.54) is 21.9 Å². The first-order valence-corrected chi connectivity index (χ1v) is 10.0. The van der Waals surface area contributed by atoms with Crippen LogP contribution in [0.15, 0.2) is 24.3 Å². The van der Waals surface area contributed by atoms with E-state index in [0.717, 1.165) is 47.3 Å². The predicted molar refractivity (Wildman–Crippen MR) is 109 cm³/mol. The molecule has 3 aliphatic rings. The lowest BCUT2D eigenvalue weighted by Gasteiger charge is -2.22. The fourth-order valence-electron chi connectivity index (χ4n) is 4.89. The van der Waals surface area contributed by atoms with Gasteiger partial charge in [0.2, 0.25) is 0 Å². The highest BCUT2D eigenvalue weighted by molar-refractivity contribution is 6.36. The highest BCUT2D eigenvalue weighted by atomic mass is 35.5. The summed E-state index contributed by atoms with van der Waals surface area (Å²) in [5.74, 6) is 1.11. The summed E-state index contributed by atoms with van der Waals surface area (Å²) in [6, 6.07) is 8.71. The molecule has 1 aromatic heterocycles. The molecule has 1 saturated carbocycles. The lowest BCUT2D eigenvalue weighted by atomic mass is 9.82. The number of hydrogen-bond acceptors (Lipinski definition) is 1. The molecule has 0 amide bonds. The van der Waals surface area contributed by atoms with Gasteiger partial charge in [-0.3, -0.25) is 4.79 Å². The number of carbonyl (C=O) groups excluding carboxylic acids is 1. The highest BCUT2D eigenvalue weighted by Gasteiger charge is 2.35. The van der Waals surface area contributed by atoms with E-state index in [9.17, 15) is 4.79 Å². The van der Waals surface area contributed by atoms with E-state index >= 15 is 0 Å². The molecule has 2 bridgehead atoms. The third-order valence-electron chi connectivity index (χ3n) is 6.50. The minimum absolute atomic E-state index is 0.0434. The van der Waals surface area contributed by atoms with Crippen molar-refractivity contribution in [2.24, 2.45) is 5.92 Å². The molecule has 0 unspecified atom stereocenters. The average Bonchev–Trinajstić information content (AvgIpc) is 2.86. The Bertz CT molecular complexity index is 1060. The summed E-state index contributed by atoms with van der Waals surface area (Å²) in [6.45, 7) is 6.63. The van der Waals surface area contributed by atoms with Crippen LogP contribution < -0.4 is 0 Å². The van der Waals surface area contributed by atoms with Crippen molar-refractivity contribution in [3.63, 3.8) is 0 Å². The molecular formula is C23H24ClNO. The zero-order valence-corrected chi connectivity index (χ0v) is 16.3. The van der Waals surface area contributed by atoms with Gasteiger partial charge in [-0.2, -0.15) is 0 Å². The average molecular weight is 366 g/mol. The molecule has 3 aromatic rings. The minimum Gasteiger partial charge on any atom is -0.353 e. The maximum Gasteiger partial charge on any atom is 0.166 e. The molecule has 134 valence electrons. The summed E-state index contributed by atoms with van der Waals surface area (Å²) in [4.78, 5) is 16.4. The quantitative estimate of drug-likeness (QED) is 0.470. The van der Waals surface area contributed by atoms with E-state index in [2.05, 4.69) is 50.0 Å². The number of carbonyl (C=O) groups is 1. The Labute approximate surface area is 158 Å². The molecule has 0 radical (unpaired) electrons. The van der Waals surface area contributed by atoms with Gasteiger partial charge in [-0.25, -0.2) is 0 Å². The van der Waals surface area contributed by atoms with E-state index in [4.69, 9.17) is 11.6 Å². The van der Waals surface area contributed by atoms with Crippen molar-refractivity contribution >= 4 is 39.2 Å². The largest absolute Gasteiger partial charge is 0.353 e. The molecule has 0 spiro atoms. The molecule has 1 heterocycles. The summed E-state index contributed by atoms with van der Waals surface area (Å²) < 4.78 is 0. The zero-order valence-electron chi connectivity index (χ0n) is 15.6. The minimum atomic E-state index is 0.0434. The number of rotatable bonds is 0. The number of hydrogen-bond donors (Lipinski definition) is 1. The Balaban J connectivity index is 1.83. The van der Waals surface area contributed by atoms with Gasteiger partial charge in [0.15, 0.2) is 5.78 Å². The fraction of sp³-hybridized carbons (Fsp3) is 0.435. The third kappa shape index (κ3) is 2.28. The number of fused-ring (bicyclic) bond motifs is 5. The van der Waals surface area contributed by atoms with Gasteiger partial charge in [0, 0.05) is 27.8 Å². The molecule has 1 fully saturated rings. The van der Waals surface area contributed by atoms with Crippen molar-refractivity contribution in [3.05, 3.63) is 46.0 Å². The van der Waals surface area contributed by atoms with Gasteiger partial charge in [0.1, 0.15) is 0 Å². The van der Waals surface area contributed by atoms with Crippen LogP contribution in [0.3, 0.4) is 0 Å². The second-order valence-electron chi connectivity index (χ2n) is 9.15. The molecule has 0 aliphatic heterocycles. The first kappa shape index (κ1) is 16.4. The Morgan fingerprint density at radius 1 is 0.962 bits per heavy atom. The lowest BCUT2D eigenvalue weighted by molar-refractivity contribution is 0.0898. The zero-order chi connectivity index (χ0) is 18.2. The SMILES string of the molecule is CC(C)(C)c1cc(Cl)c2[nH]c3cc4c(cc3c2c1)C1CCC(CC1)C4=O. The maximum absolute atomic E-state index is 13.0. The number of nitrogens with one attached hydrogen (secondary N) is 1. The molecule has 0 saturated heterocycles. The number of aromatic amines is 1. The summed E-state index contributed by atoms with van der Waals surface area (Å²) in [5.41, 5.74) is 5.50. The standard InChI is InChI=1S/C23H24ClNO/c1-23(2,3)14-8-17-16-10-15-12-4-6-13(7-5-12)22(26)18(15)11-20(16)25-21(17)19(24)9-14/h8-13,25H,4-7H2,1-3H3. The molecule has 26 heavy (non-hydrogen) atoms. The van der Waals surface area contributed by atoms with Crippen LogP contribution in [-0.2, 0) is 5.41 Å². The van der Waals surface area contributed by atoms with Gasteiger partial charge in [0.05, 0.1) is 10.5 Å². The van der Waals surface area contributed by atoms with E-state index in [0.29, 0.717) is 11.7 Å². The van der Waals surface area contributed by atoms with Crippen molar-refractivity contribution < 1.29 is 4.79 Å². The number of halogens is 1. The highest BCUT2D eigenvalue weighted by Crippen LogP contribution is 2.45. The van der Waals surface area contributed by atoms with E-state index in [-0.39, 0.29) is 11.3 Å². The third-order valence-corrected chi connectivity index (χ3v) is 6.80. The number of ketones is 1. The second-order valence-corrected chi connectivity index (χ2v) is 9.56. The van der Waals surface area contributed by atoms with Gasteiger partial charge in [-0.05, 0) is 72.4 Å². The number of aromatic nitrogens is 1. The molecule has 2 nitrogen and oxygen atoms in total. The van der Waals surface area contributed by atoms with Crippen molar-refractivity contribution in [1.82, 2.24) is 4.98 Å². The summed E-state index contributed by atoms with van der Waals surface area (Å²) in [5, 5.41) is 3.13. The summed E-state index contributed by atoms with van der Waals surface area (Å²) in [6.07, 6.45) is 4.39. The van der Waals surface area contributed by atoms with Gasteiger partial charge in [0.25, 0.3) is 0 Å². The van der Waals surface area contributed by atoms with Crippen molar-refractivity contribution in [1.29, 1.82) is 0 Å². The maximum atomic E-state index is 13.0. The van der Waals surface area contributed by atoms with E-state index in [1.807, 2.05) is 0 Å². The van der Waals surface area contributed by atoms with Crippen LogP contribution in [0.5, 0.6) is 0 Å². The van der Waals surface area contributed by atoms with Crippen LogP contribution in [0.25, 0.3) is 21.8 Å². The number of Topliss-reactive ketones (excluding diaryl/α,β-unsaturated/α-hetero) is 1. The van der Waals surface area contributed by atoms with Crippen molar-refractivity contribution in [3.8, 4) is 0 Å². The van der Waals surface area contributed by atoms with Crippen LogP contribution >= 0.6 is 11.6 Å².